The molecular weight excluding hydrogens is 296 g/mol. The van der Waals surface area contributed by atoms with E-state index in [0.29, 0.717) is 0 Å². The third-order valence-corrected chi connectivity index (χ3v) is 4.65. The Balaban J connectivity index is 1.47. The first-order chi connectivity index (χ1) is 10.8. The molecule has 0 saturated carbocycles. The van der Waals surface area contributed by atoms with Gasteiger partial charge in [0.25, 0.3) is 0 Å². The quantitative estimate of drug-likeness (QED) is 0.830. The van der Waals surface area contributed by atoms with E-state index in [2.05, 4.69) is 32.5 Å². The van der Waals surface area contributed by atoms with Crippen molar-refractivity contribution in [2.24, 2.45) is 0 Å². The fourth-order valence-electron chi connectivity index (χ4n) is 2.53. The minimum Gasteiger partial charge on any atom is -0.379 e. The lowest BCUT2D eigenvalue weighted by molar-refractivity contribution is 0.0378. The van der Waals surface area contributed by atoms with Crippen LogP contribution in [0.3, 0.4) is 0 Å². The van der Waals surface area contributed by atoms with Crippen LogP contribution in [0.15, 0.2) is 23.8 Å². The van der Waals surface area contributed by atoms with Crippen LogP contribution in [0, 0.1) is 6.92 Å². The molecule has 3 rings (SSSR count). The Labute approximate surface area is 135 Å². The second-order valence-corrected chi connectivity index (χ2v) is 6.32. The normalized spacial score (nSPS) is 15.9. The zero-order valence-electron chi connectivity index (χ0n) is 12.9. The maximum atomic E-state index is 5.36. The van der Waals surface area contributed by atoms with Gasteiger partial charge in [-0.25, -0.2) is 4.98 Å². The molecule has 0 atom stereocenters. The molecule has 0 aliphatic carbocycles. The smallest absolute Gasteiger partial charge is 0.183 e. The van der Waals surface area contributed by atoms with Gasteiger partial charge in [-0.2, -0.15) is 0 Å². The predicted molar refractivity (Wildman–Crippen MR) is 90.4 cm³/mol. The number of thiazole rings is 1. The van der Waals surface area contributed by atoms with E-state index < -0.39 is 0 Å². The minimum atomic E-state index is 0.869. The number of pyridine rings is 1. The minimum absolute atomic E-state index is 0.869. The van der Waals surface area contributed by atoms with Crippen molar-refractivity contribution >= 4 is 16.5 Å². The van der Waals surface area contributed by atoms with E-state index in [0.717, 1.165) is 62.2 Å². The molecular formula is C16H22N4OS. The third kappa shape index (κ3) is 4.03. The first-order valence-corrected chi connectivity index (χ1v) is 8.61. The Morgan fingerprint density at radius 3 is 3.05 bits per heavy atom. The summed E-state index contributed by atoms with van der Waals surface area (Å²) in [5, 5.41) is 6.50. The van der Waals surface area contributed by atoms with Crippen LogP contribution in [-0.2, 0) is 4.74 Å². The molecule has 1 saturated heterocycles. The lowest BCUT2D eigenvalue weighted by Gasteiger charge is -2.26. The largest absolute Gasteiger partial charge is 0.379 e. The van der Waals surface area contributed by atoms with E-state index in [1.807, 2.05) is 18.5 Å². The standard InChI is InChI=1S/C16H22N4OS/c1-13-3-5-17-11-14(13)15-12-22-16(19-15)18-4-2-6-20-7-9-21-10-8-20/h3,5,11-12H,2,4,6-10H2,1H3,(H,18,19). The lowest BCUT2D eigenvalue weighted by Crippen LogP contribution is -2.37. The molecule has 1 aliphatic rings. The Hall–Kier alpha value is -1.50. The number of hydrogen-bond donors (Lipinski definition) is 1. The number of nitrogens with one attached hydrogen (secondary N) is 1. The highest BCUT2D eigenvalue weighted by Gasteiger charge is 2.10. The van der Waals surface area contributed by atoms with Gasteiger partial charge in [-0.15, -0.1) is 11.3 Å². The monoisotopic (exact) mass is 318 g/mol. The highest BCUT2D eigenvalue weighted by molar-refractivity contribution is 7.14. The van der Waals surface area contributed by atoms with Gasteiger partial charge in [0.15, 0.2) is 5.13 Å². The number of aromatic nitrogens is 2. The molecule has 1 fully saturated rings. The second kappa shape index (κ2) is 7.67. The highest BCUT2D eigenvalue weighted by atomic mass is 32.1. The van der Waals surface area contributed by atoms with Gasteiger partial charge in [0, 0.05) is 43.0 Å². The summed E-state index contributed by atoms with van der Waals surface area (Å²) in [6.45, 7) is 8.02. The van der Waals surface area contributed by atoms with Crippen LogP contribution in [0.25, 0.3) is 11.3 Å². The predicted octanol–water partition coefficient (Wildman–Crippen LogP) is 2.65. The molecule has 0 aromatic carbocycles. The Morgan fingerprint density at radius 2 is 2.23 bits per heavy atom. The molecule has 118 valence electrons. The molecule has 22 heavy (non-hydrogen) atoms. The lowest BCUT2D eigenvalue weighted by atomic mass is 10.1. The van der Waals surface area contributed by atoms with E-state index in [4.69, 9.17) is 4.74 Å². The maximum Gasteiger partial charge on any atom is 0.183 e. The van der Waals surface area contributed by atoms with Gasteiger partial charge in [0.05, 0.1) is 18.9 Å². The van der Waals surface area contributed by atoms with Crippen LogP contribution < -0.4 is 5.32 Å². The van der Waals surface area contributed by atoms with E-state index >= 15 is 0 Å². The summed E-state index contributed by atoms with van der Waals surface area (Å²) in [6.07, 6.45) is 4.82. The molecule has 0 amide bonds. The first kappa shape index (κ1) is 15.4. The number of anilines is 1. The summed E-state index contributed by atoms with van der Waals surface area (Å²) in [5.41, 5.74) is 3.32. The Kier molecular flexibility index (Phi) is 5.37. The molecule has 2 aromatic rings. The van der Waals surface area contributed by atoms with Gasteiger partial charge in [-0.05, 0) is 31.5 Å². The molecule has 1 N–H and O–H groups in total. The van der Waals surface area contributed by atoms with Crippen molar-refractivity contribution in [3.8, 4) is 11.3 Å². The molecule has 3 heterocycles. The maximum absolute atomic E-state index is 5.36. The van der Waals surface area contributed by atoms with Crippen molar-refractivity contribution in [2.75, 3.05) is 44.7 Å². The highest BCUT2D eigenvalue weighted by Crippen LogP contribution is 2.26. The van der Waals surface area contributed by atoms with Crippen LogP contribution >= 0.6 is 11.3 Å². The molecule has 0 unspecified atom stereocenters. The van der Waals surface area contributed by atoms with Gasteiger partial charge in [-0.3, -0.25) is 9.88 Å². The van der Waals surface area contributed by atoms with Gasteiger partial charge in [0.2, 0.25) is 0 Å². The number of aryl methyl sites for hydroxylation is 1. The average Bonchev–Trinajstić information content (AvgIpc) is 3.02. The summed E-state index contributed by atoms with van der Waals surface area (Å²) < 4.78 is 5.36. The Bertz CT molecular complexity index is 595. The average molecular weight is 318 g/mol. The Morgan fingerprint density at radius 1 is 1.36 bits per heavy atom. The van der Waals surface area contributed by atoms with Crippen molar-refractivity contribution < 1.29 is 4.74 Å². The third-order valence-electron chi connectivity index (χ3n) is 3.85. The van der Waals surface area contributed by atoms with E-state index in [1.54, 1.807) is 11.3 Å². The zero-order valence-corrected chi connectivity index (χ0v) is 13.7. The first-order valence-electron chi connectivity index (χ1n) is 7.73. The molecule has 0 spiro atoms. The van der Waals surface area contributed by atoms with Crippen molar-refractivity contribution in [3.05, 3.63) is 29.4 Å². The SMILES string of the molecule is Cc1ccncc1-c1csc(NCCCN2CCOCC2)n1. The molecule has 0 bridgehead atoms. The topological polar surface area (TPSA) is 50.3 Å². The molecule has 6 heteroatoms. The van der Waals surface area contributed by atoms with Crippen molar-refractivity contribution in [2.45, 2.75) is 13.3 Å². The van der Waals surface area contributed by atoms with Crippen LogP contribution in [0.2, 0.25) is 0 Å². The van der Waals surface area contributed by atoms with Gasteiger partial charge < -0.3 is 10.1 Å². The summed E-state index contributed by atoms with van der Waals surface area (Å²) in [6, 6.07) is 2.02. The summed E-state index contributed by atoms with van der Waals surface area (Å²) in [7, 11) is 0. The van der Waals surface area contributed by atoms with E-state index in [1.165, 1.54) is 5.56 Å². The number of hydrogen-bond acceptors (Lipinski definition) is 6. The summed E-state index contributed by atoms with van der Waals surface area (Å²) >= 11 is 1.66. The van der Waals surface area contributed by atoms with Crippen molar-refractivity contribution in [3.63, 3.8) is 0 Å². The fraction of sp³-hybridized carbons (Fsp3) is 0.500. The van der Waals surface area contributed by atoms with E-state index in [9.17, 15) is 0 Å². The van der Waals surface area contributed by atoms with Crippen molar-refractivity contribution in [1.29, 1.82) is 0 Å². The number of nitrogens with zero attached hydrogens (tertiary/aromatic N) is 3. The number of rotatable bonds is 6. The molecule has 1 aliphatic heterocycles. The number of ether oxygens (including phenoxy) is 1. The van der Waals surface area contributed by atoms with Gasteiger partial charge in [0.1, 0.15) is 0 Å². The van der Waals surface area contributed by atoms with Gasteiger partial charge >= 0.3 is 0 Å². The zero-order chi connectivity index (χ0) is 15.2. The summed E-state index contributed by atoms with van der Waals surface area (Å²) in [5.74, 6) is 0. The fourth-order valence-corrected chi connectivity index (χ4v) is 3.27. The van der Waals surface area contributed by atoms with Crippen LogP contribution in [0.4, 0.5) is 5.13 Å². The van der Waals surface area contributed by atoms with Gasteiger partial charge in [-0.1, -0.05) is 0 Å². The molecule has 2 aromatic heterocycles. The van der Waals surface area contributed by atoms with Crippen LogP contribution in [0.5, 0.6) is 0 Å². The van der Waals surface area contributed by atoms with Crippen LogP contribution in [-0.4, -0.2) is 54.3 Å². The van der Waals surface area contributed by atoms with Crippen molar-refractivity contribution in [1.82, 2.24) is 14.9 Å². The second-order valence-electron chi connectivity index (χ2n) is 5.46. The summed E-state index contributed by atoms with van der Waals surface area (Å²) in [4.78, 5) is 11.3. The van der Waals surface area contributed by atoms with Crippen LogP contribution in [0.1, 0.15) is 12.0 Å². The molecule has 5 nitrogen and oxygen atoms in total. The number of morpholine rings is 1. The molecule has 0 radical (unpaired) electrons. The van der Waals surface area contributed by atoms with E-state index in [-0.39, 0.29) is 0 Å².